The number of ether oxygens (including phenoxy) is 3. The minimum Gasteiger partial charge on any atom is -0.457 e. The molecule has 4 nitrogen and oxygen atoms in total. The van der Waals surface area contributed by atoms with Crippen molar-refractivity contribution >= 4 is 17.1 Å². The number of para-hydroxylation sites is 6. The lowest BCUT2D eigenvalue weighted by molar-refractivity contribution is 0.399. The number of anilines is 3. The smallest absolute Gasteiger partial charge is 0.152 e. The molecule has 0 N–H and O–H groups in total. The predicted molar refractivity (Wildman–Crippen MR) is 211 cm³/mol. The molecule has 1 atom stereocenters. The average Bonchev–Trinajstić information content (AvgIpc) is 3.22. The molecule has 0 saturated heterocycles. The zero-order chi connectivity index (χ0) is 34.9. The normalized spacial score (nSPS) is 15.7. The van der Waals surface area contributed by atoms with Crippen LogP contribution >= 0.6 is 0 Å². The fourth-order valence-corrected chi connectivity index (χ4v) is 8.53. The van der Waals surface area contributed by atoms with E-state index in [0.717, 1.165) is 96.1 Å². The second-order valence-corrected chi connectivity index (χ2v) is 13.6. The van der Waals surface area contributed by atoms with Crippen LogP contribution in [0.2, 0.25) is 0 Å². The Kier molecular flexibility index (Phi) is 6.43. The van der Waals surface area contributed by atoms with Crippen molar-refractivity contribution in [2.24, 2.45) is 0 Å². The van der Waals surface area contributed by atoms with Gasteiger partial charge in [0.2, 0.25) is 0 Å². The molecule has 0 bridgehead atoms. The summed E-state index contributed by atoms with van der Waals surface area (Å²) in [6.07, 6.45) is 0. The molecule has 0 amide bonds. The lowest BCUT2D eigenvalue weighted by Crippen LogP contribution is -2.36. The van der Waals surface area contributed by atoms with E-state index < -0.39 is 5.41 Å². The fourth-order valence-electron chi connectivity index (χ4n) is 8.53. The quantitative estimate of drug-likeness (QED) is 0.186. The average molecular weight is 682 g/mol. The minimum atomic E-state index is -0.684. The Hall–Kier alpha value is -7.04. The number of nitrogens with zero attached hydrogens (tertiary/aromatic N) is 1. The molecule has 0 aromatic heterocycles. The fraction of sp³-hybridized carbons (Fsp3) is 0.0204. The summed E-state index contributed by atoms with van der Waals surface area (Å²) >= 11 is 0. The van der Waals surface area contributed by atoms with E-state index in [4.69, 9.17) is 14.2 Å². The van der Waals surface area contributed by atoms with Crippen molar-refractivity contribution in [1.29, 1.82) is 0 Å². The summed E-state index contributed by atoms with van der Waals surface area (Å²) in [5.74, 6) is 4.92. The van der Waals surface area contributed by atoms with Gasteiger partial charge in [0.1, 0.15) is 23.0 Å². The minimum absolute atomic E-state index is 0.684. The highest BCUT2D eigenvalue weighted by atomic mass is 16.5. The maximum absolute atomic E-state index is 6.92. The third-order valence-corrected chi connectivity index (χ3v) is 10.8. The number of hydrogen-bond donors (Lipinski definition) is 0. The Morgan fingerprint density at radius 2 is 0.849 bits per heavy atom. The molecule has 1 spiro atoms. The second kappa shape index (κ2) is 11.5. The monoisotopic (exact) mass is 681 g/mol. The highest BCUT2D eigenvalue weighted by Crippen LogP contribution is 2.62. The van der Waals surface area contributed by atoms with E-state index in [1.807, 2.05) is 42.5 Å². The second-order valence-electron chi connectivity index (χ2n) is 13.6. The van der Waals surface area contributed by atoms with Gasteiger partial charge in [-0.3, -0.25) is 0 Å². The molecule has 53 heavy (non-hydrogen) atoms. The van der Waals surface area contributed by atoms with Crippen LogP contribution in [0.3, 0.4) is 0 Å². The maximum Gasteiger partial charge on any atom is 0.152 e. The Balaban J connectivity index is 1.14. The third-order valence-electron chi connectivity index (χ3n) is 10.8. The van der Waals surface area contributed by atoms with Crippen LogP contribution in [0.1, 0.15) is 22.3 Å². The lowest BCUT2D eigenvalue weighted by Gasteiger charge is -2.45. The molecule has 0 radical (unpaired) electrons. The summed E-state index contributed by atoms with van der Waals surface area (Å²) in [5.41, 5.74) is 11.0. The van der Waals surface area contributed by atoms with Crippen molar-refractivity contribution in [3.05, 3.63) is 210 Å². The van der Waals surface area contributed by atoms with Gasteiger partial charge < -0.3 is 19.1 Å². The van der Waals surface area contributed by atoms with E-state index in [-0.39, 0.29) is 0 Å². The van der Waals surface area contributed by atoms with Crippen LogP contribution in [0.15, 0.2) is 188 Å². The van der Waals surface area contributed by atoms with Crippen LogP contribution in [-0.2, 0) is 5.41 Å². The molecule has 0 fully saturated rings. The van der Waals surface area contributed by atoms with Crippen LogP contribution in [-0.4, -0.2) is 0 Å². The van der Waals surface area contributed by atoms with Crippen LogP contribution in [0.5, 0.6) is 34.5 Å². The molecule has 0 aliphatic carbocycles. The van der Waals surface area contributed by atoms with E-state index in [2.05, 4.69) is 150 Å². The zero-order valence-electron chi connectivity index (χ0n) is 28.6. The van der Waals surface area contributed by atoms with Gasteiger partial charge in [0.05, 0.1) is 16.8 Å². The molecule has 3 aliphatic rings. The largest absolute Gasteiger partial charge is 0.457 e. The van der Waals surface area contributed by atoms with Crippen LogP contribution in [0, 0.1) is 0 Å². The topological polar surface area (TPSA) is 30.9 Å². The van der Waals surface area contributed by atoms with Crippen LogP contribution in [0.4, 0.5) is 17.1 Å². The third kappa shape index (κ3) is 4.36. The summed E-state index contributed by atoms with van der Waals surface area (Å²) < 4.78 is 20.3. The van der Waals surface area contributed by atoms with Gasteiger partial charge in [0, 0.05) is 33.5 Å². The van der Waals surface area contributed by atoms with Crippen molar-refractivity contribution < 1.29 is 14.2 Å². The van der Waals surface area contributed by atoms with Crippen molar-refractivity contribution in [3.8, 4) is 56.8 Å². The molecule has 0 saturated carbocycles. The number of rotatable bonds is 3. The van der Waals surface area contributed by atoms with Crippen LogP contribution in [0.25, 0.3) is 22.3 Å². The first-order valence-corrected chi connectivity index (χ1v) is 17.9. The highest BCUT2D eigenvalue weighted by Gasteiger charge is 2.50. The van der Waals surface area contributed by atoms with Gasteiger partial charge in [-0.2, -0.15) is 0 Å². The zero-order valence-corrected chi connectivity index (χ0v) is 28.6. The molecule has 11 rings (SSSR count). The number of fused-ring (bicyclic) bond motifs is 10. The van der Waals surface area contributed by atoms with E-state index in [9.17, 15) is 0 Å². The van der Waals surface area contributed by atoms with Crippen molar-refractivity contribution in [2.75, 3.05) is 4.90 Å². The molecule has 4 heteroatoms. The van der Waals surface area contributed by atoms with Gasteiger partial charge in [0.15, 0.2) is 11.5 Å². The van der Waals surface area contributed by atoms with E-state index in [1.54, 1.807) is 0 Å². The lowest BCUT2D eigenvalue weighted by atomic mass is 9.62. The van der Waals surface area contributed by atoms with E-state index in [1.165, 1.54) is 0 Å². The summed E-state index contributed by atoms with van der Waals surface area (Å²) in [7, 11) is 0. The van der Waals surface area contributed by atoms with Crippen molar-refractivity contribution in [1.82, 2.24) is 0 Å². The van der Waals surface area contributed by atoms with Gasteiger partial charge in [0.25, 0.3) is 0 Å². The SMILES string of the molecule is c1ccc(-c2ccc3c(c2)Oc2ccccc2C32c3ccccc3Oc3cc(-c4cccc5c4N(c4ccccc4)c4ccccc4O5)ccc32)cc1. The Morgan fingerprint density at radius 3 is 1.55 bits per heavy atom. The van der Waals surface area contributed by atoms with Gasteiger partial charge in [-0.1, -0.05) is 133 Å². The number of benzene rings is 8. The van der Waals surface area contributed by atoms with Gasteiger partial charge in [-0.05, 0) is 71.3 Å². The van der Waals surface area contributed by atoms with Gasteiger partial charge in [-0.15, -0.1) is 0 Å². The summed E-state index contributed by atoms with van der Waals surface area (Å²) in [6.45, 7) is 0. The predicted octanol–water partition coefficient (Wildman–Crippen LogP) is 13.2. The standard InChI is InChI=1S/C49H31NO3/c1-3-14-32(15-4-1)33-26-28-39-46(30-33)51-42-22-10-7-19-37(42)49(39)38-20-8-11-23-43(38)52-47-31-34(27-29-40(47)49)36-18-13-25-45-48(36)50(35-16-5-2-6-17-35)41-21-9-12-24-44(41)53-45/h1-31H. The summed E-state index contributed by atoms with van der Waals surface area (Å²) in [4.78, 5) is 2.30. The summed E-state index contributed by atoms with van der Waals surface area (Å²) in [6, 6.07) is 65.6. The first kappa shape index (κ1) is 29.7. The summed E-state index contributed by atoms with van der Waals surface area (Å²) in [5, 5.41) is 0. The molecule has 1 unspecified atom stereocenters. The molecular formula is C49H31NO3. The van der Waals surface area contributed by atoms with Crippen LogP contribution < -0.4 is 19.1 Å². The first-order chi connectivity index (χ1) is 26.3. The maximum atomic E-state index is 6.92. The molecule has 3 heterocycles. The molecule has 8 aromatic rings. The Bertz CT molecular complexity index is 2710. The molecule has 8 aromatic carbocycles. The first-order valence-electron chi connectivity index (χ1n) is 17.9. The Morgan fingerprint density at radius 1 is 0.340 bits per heavy atom. The molecule has 3 aliphatic heterocycles. The van der Waals surface area contributed by atoms with Crippen molar-refractivity contribution in [3.63, 3.8) is 0 Å². The van der Waals surface area contributed by atoms with Gasteiger partial charge >= 0.3 is 0 Å². The molecular weight excluding hydrogens is 651 g/mol. The van der Waals surface area contributed by atoms with Gasteiger partial charge in [-0.25, -0.2) is 0 Å². The number of hydrogen-bond acceptors (Lipinski definition) is 4. The Labute approximate surface area is 307 Å². The highest BCUT2D eigenvalue weighted by molar-refractivity contribution is 5.95. The molecule has 250 valence electrons. The van der Waals surface area contributed by atoms with E-state index >= 15 is 0 Å². The van der Waals surface area contributed by atoms with E-state index in [0.29, 0.717) is 0 Å². The van der Waals surface area contributed by atoms with Crippen molar-refractivity contribution in [2.45, 2.75) is 5.41 Å².